The zero-order chi connectivity index (χ0) is 8.97. The van der Waals surface area contributed by atoms with Crippen LogP contribution in [0.2, 0.25) is 0 Å². The topological polar surface area (TPSA) is 26.0 Å². The predicted octanol–water partition coefficient (Wildman–Crippen LogP) is 2.50. The molecule has 1 aliphatic rings. The van der Waals surface area contributed by atoms with Crippen molar-refractivity contribution in [2.45, 2.75) is 45.2 Å². The summed E-state index contributed by atoms with van der Waals surface area (Å²) in [5.41, 5.74) is 5.25. The molecule has 0 heterocycles. The molecule has 0 amide bonds. The van der Waals surface area contributed by atoms with Crippen molar-refractivity contribution >= 4 is 0 Å². The number of hydrogen-bond donors (Lipinski definition) is 1. The third kappa shape index (κ3) is 3.10. The van der Waals surface area contributed by atoms with Crippen LogP contribution in [0.5, 0.6) is 0 Å². The van der Waals surface area contributed by atoms with E-state index in [0.717, 1.165) is 5.92 Å². The zero-order valence-electron chi connectivity index (χ0n) is 7.93. The van der Waals surface area contributed by atoms with Gasteiger partial charge in [0.25, 0.3) is 0 Å². The van der Waals surface area contributed by atoms with Crippen molar-refractivity contribution in [2.75, 3.05) is 6.54 Å². The monoisotopic (exact) mass is 173 g/mol. The number of alkyl halides is 1. The van der Waals surface area contributed by atoms with Crippen LogP contribution in [0.3, 0.4) is 0 Å². The summed E-state index contributed by atoms with van der Waals surface area (Å²) in [6, 6.07) is 0. The van der Waals surface area contributed by atoms with Crippen LogP contribution < -0.4 is 5.73 Å². The average molecular weight is 173 g/mol. The molecule has 0 spiro atoms. The molecule has 1 saturated carbocycles. The van der Waals surface area contributed by atoms with Crippen LogP contribution in [0.25, 0.3) is 0 Å². The number of halogens is 1. The summed E-state index contributed by atoms with van der Waals surface area (Å²) in [4.78, 5) is 0. The van der Waals surface area contributed by atoms with E-state index in [1.165, 1.54) is 25.7 Å². The molecular formula is C10H20FN. The Morgan fingerprint density at radius 1 is 1.50 bits per heavy atom. The second-order valence-corrected chi connectivity index (χ2v) is 4.21. The summed E-state index contributed by atoms with van der Waals surface area (Å²) in [6.45, 7) is 2.47. The van der Waals surface area contributed by atoms with Crippen LogP contribution in [-0.2, 0) is 0 Å². The highest BCUT2D eigenvalue weighted by atomic mass is 19.1. The van der Waals surface area contributed by atoms with E-state index in [2.05, 4.69) is 6.92 Å². The van der Waals surface area contributed by atoms with E-state index in [1.54, 1.807) is 0 Å². The maximum atomic E-state index is 12.9. The Morgan fingerprint density at radius 2 is 2.25 bits per heavy atom. The van der Waals surface area contributed by atoms with Gasteiger partial charge in [-0.3, -0.25) is 0 Å². The van der Waals surface area contributed by atoms with E-state index in [0.29, 0.717) is 12.3 Å². The minimum Gasteiger partial charge on any atom is -0.328 e. The molecule has 12 heavy (non-hydrogen) atoms. The highest BCUT2D eigenvalue weighted by Crippen LogP contribution is 2.31. The molecule has 0 bridgehead atoms. The Bertz CT molecular complexity index is 127. The highest BCUT2D eigenvalue weighted by molar-refractivity contribution is 4.73. The van der Waals surface area contributed by atoms with Gasteiger partial charge >= 0.3 is 0 Å². The molecule has 0 saturated heterocycles. The molecule has 0 aromatic heterocycles. The van der Waals surface area contributed by atoms with Crippen LogP contribution in [0.15, 0.2) is 0 Å². The summed E-state index contributed by atoms with van der Waals surface area (Å²) in [6.07, 6.45) is 4.96. The summed E-state index contributed by atoms with van der Waals surface area (Å²) in [7, 11) is 0. The Labute approximate surface area is 74.5 Å². The van der Waals surface area contributed by atoms with Gasteiger partial charge in [0.15, 0.2) is 0 Å². The maximum Gasteiger partial charge on any atom is 0.113 e. The molecule has 2 heteroatoms. The third-order valence-corrected chi connectivity index (χ3v) is 2.89. The van der Waals surface area contributed by atoms with Gasteiger partial charge in [0.1, 0.15) is 6.17 Å². The van der Waals surface area contributed by atoms with E-state index in [-0.39, 0.29) is 6.54 Å². The lowest BCUT2D eigenvalue weighted by Gasteiger charge is -2.27. The Balaban J connectivity index is 2.22. The van der Waals surface area contributed by atoms with Gasteiger partial charge in [0.2, 0.25) is 0 Å². The molecule has 3 atom stereocenters. The van der Waals surface area contributed by atoms with Crippen molar-refractivity contribution < 1.29 is 4.39 Å². The van der Waals surface area contributed by atoms with Crippen LogP contribution >= 0.6 is 0 Å². The number of rotatable bonds is 3. The van der Waals surface area contributed by atoms with E-state index in [4.69, 9.17) is 5.73 Å². The SMILES string of the molecule is CC1CCCC(CC(F)CN)C1. The number of hydrogen-bond acceptors (Lipinski definition) is 1. The van der Waals surface area contributed by atoms with E-state index < -0.39 is 6.17 Å². The molecule has 2 N–H and O–H groups in total. The fourth-order valence-corrected chi connectivity index (χ4v) is 2.23. The molecule has 0 aromatic carbocycles. The lowest BCUT2D eigenvalue weighted by Crippen LogP contribution is -2.22. The van der Waals surface area contributed by atoms with Crippen molar-refractivity contribution in [1.29, 1.82) is 0 Å². The van der Waals surface area contributed by atoms with Gasteiger partial charge in [0, 0.05) is 6.54 Å². The predicted molar refractivity (Wildman–Crippen MR) is 49.7 cm³/mol. The zero-order valence-corrected chi connectivity index (χ0v) is 7.93. The van der Waals surface area contributed by atoms with Gasteiger partial charge in [-0.05, 0) is 24.7 Å². The molecule has 0 aliphatic heterocycles. The minimum absolute atomic E-state index is 0.199. The lowest BCUT2D eigenvalue weighted by molar-refractivity contribution is 0.207. The van der Waals surface area contributed by atoms with E-state index in [9.17, 15) is 4.39 Å². The van der Waals surface area contributed by atoms with Gasteiger partial charge in [-0.1, -0.05) is 26.2 Å². The summed E-state index contributed by atoms with van der Waals surface area (Å²) in [5, 5.41) is 0. The summed E-state index contributed by atoms with van der Waals surface area (Å²) < 4.78 is 12.9. The Kier molecular flexibility index (Phi) is 3.99. The van der Waals surface area contributed by atoms with Gasteiger partial charge in [0.05, 0.1) is 0 Å². The molecular weight excluding hydrogens is 153 g/mol. The number of nitrogens with two attached hydrogens (primary N) is 1. The van der Waals surface area contributed by atoms with Crippen molar-refractivity contribution in [3.8, 4) is 0 Å². The largest absolute Gasteiger partial charge is 0.328 e. The fraction of sp³-hybridized carbons (Fsp3) is 1.00. The van der Waals surface area contributed by atoms with Crippen molar-refractivity contribution in [3.63, 3.8) is 0 Å². The maximum absolute atomic E-state index is 12.9. The molecule has 1 nitrogen and oxygen atoms in total. The van der Waals surface area contributed by atoms with E-state index in [1.807, 2.05) is 0 Å². The van der Waals surface area contributed by atoms with Gasteiger partial charge in [-0.15, -0.1) is 0 Å². The molecule has 0 aromatic rings. The van der Waals surface area contributed by atoms with Gasteiger partial charge in [-0.2, -0.15) is 0 Å². The molecule has 1 fully saturated rings. The smallest absolute Gasteiger partial charge is 0.113 e. The lowest BCUT2D eigenvalue weighted by atomic mass is 9.80. The third-order valence-electron chi connectivity index (χ3n) is 2.89. The molecule has 1 rings (SSSR count). The van der Waals surface area contributed by atoms with Crippen LogP contribution in [0.1, 0.15) is 39.0 Å². The molecule has 1 aliphatic carbocycles. The molecule has 72 valence electrons. The highest BCUT2D eigenvalue weighted by Gasteiger charge is 2.21. The van der Waals surface area contributed by atoms with Crippen LogP contribution in [0, 0.1) is 11.8 Å². The Morgan fingerprint density at radius 3 is 2.83 bits per heavy atom. The summed E-state index contributed by atoms with van der Waals surface area (Å²) >= 11 is 0. The fourth-order valence-electron chi connectivity index (χ4n) is 2.23. The molecule has 3 unspecified atom stereocenters. The first kappa shape index (κ1) is 9.97. The van der Waals surface area contributed by atoms with E-state index >= 15 is 0 Å². The van der Waals surface area contributed by atoms with Crippen LogP contribution in [0.4, 0.5) is 4.39 Å². The molecule has 0 radical (unpaired) electrons. The second kappa shape index (κ2) is 4.80. The van der Waals surface area contributed by atoms with Crippen molar-refractivity contribution in [3.05, 3.63) is 0 Å². The van der Waals surface area contributed by atoms with Gasteiger partial charge in [-0.25, -0.2) is 4.39 Å². The van der Waals surface area contributed by atoms with Crippen LogP contribution in [-0.4, -0.2) is 12.7 Å². The van der Waals surface area contributed by atoms with Crippen molar-refractivity contribution in [2.24, 2.45) is 17.6 Å². The minimum atomic E-state index is -0.764. The first-order valence-corrected chi connectivity index (χ1v) is 5.06. The standard InChI is InChI=1S/C10H20FN/c1-8-3-2-4-9(5-8)6-10(11)7-12/h8-10H,2-7,12H2,1H3. The summed E-state index contributed by atoms with van der Waals surface area (Å²) in [5.74, 6) is 1.40. The van der Waals surface area contributed by atoms with Crippen molar-refractivity contribution in [1.82, 2.24) is 0 Å². The quantitative estimate of drug-likeness (QED) is 0.697. The van der Waals surface area contributed by atoms with Gasteiger partial charge < -0.3 is 5.73 Å². The normalized spacial score (nSPS) is 33.2. The Hall–Kier alpha value is -0.110. The first-order valence-electron chi connectivity index (χ1n) is 5.06. The average Bonchev–Trinajstić information content (AvgIpc) is 2.04. The second-order valence-electron chi connectivity index (χ2n) is 4.21. The first-order chi connectivity index (χ1) is 5.72.